The van der Waals surface area contributed by atoms with Crippen LogP contribution in [0.25, 0.3) is 0 Å². The van der Waals surface area contributed by atoms with Crippen LogP contribution in [0.2, 0.25) is 0 Å². The molecule has 1 aliphatic heterocycles. The Morgan fingerprint density at radius 2 is 2.13 bits per heavy atom. The van der Waals surface area contributed by atoms with Crippen LogP contribution >= 0.6 is 11.6 Å². The molecule has 1 atom stereocenters. The molecule has 3 nitrogen and oxygen atoms in total. The Morgan fingerprint density at radius 3 is 2.80 bits per heavy atom. The zero-order valence-corrected chi connectivity index (χ0v) is 8.82. The highest BCUT2D eigenvalue weighted by molar-refractivity contribution is 6.23. The van der Waals surface area contributed by atoms with Gasteiger partial charge in [0.05, 0.1) is 6.61 Å². The van der Waals surface area contributed by atoms with Crippen molar-refractivity contribution >= 4 is 17.8 Å². The summed E-state index contributed by atoms with van der Waals surface area (Å²) < 4.78 is 5.46. The molecule has 0 spiro atoms. The van der Waals surface area contributed by atoms with E-state index >= 15 is 0 Å². The molecule has 1 aromatic carbocycles. The maximum absolute atomic E-state index is 6.04. The van der Waals surface area contributed by atoms with Crippen LogP contribution in [0.1, 0.15) is 5.56 Å². The number of halogens is 1. The second-order valence-electron chi connectivity index (χ2n) is 3.12. The minimum Gasteiger partial charge on any atom is -0.332 e. The molecule has 0 amide bonds. The summed E-state index contributed by atoms with van der Waals surface area (Å²) in [5, 5.41) is 1.67. The fraction of sp³-hybridized carbons (Fsp3) is 0.182. The number of nitrogens with one attached hydrogen (secondary N) is 1. The Balaban J connectivity index is 1.93. The van der Waals surface area contributed by atoms with Crippen LogP contribution in [-0.2, 0) is 11.3 Å². The van der Waals surface area contributed by atoms with Gasteiger partial charge in [-0.3, -0.25) is 0 Å². The first kappa shape index (κ1) is 10.2. The van der Waals surface area contributed by atoms with E-state index in [0.717, 1.165) is 5.56 Å². The Bertz CT molecular complexity index is 377. The molecular formula is C11H11ClN2O. The molecule has 1 aromatic rings. The fourth-order valence-electron chi connectivity index (χ4n) is 1.20. The van der Waals surface area contributed by atoms with Gasteiger partial charge in [-0.25, -0.2) is 4.99 Å². The topological polar surface area (TPSA) is 33.6 Å². The SMILES string of the molecule is ClC1(OCc2ccccc2)N=CC=CN1. The quantitative estimate of drug-likeness (QED) is 0.629. The molecule has 0 fully saturated rings. The number of hydrogen-bond acceptors (Lipinski definition) is 3. The third-order valence-electron chi connectivity index (χ3n) is 1.96. The Labute approximate surface area is 93.4 Å². The summed E-state index contributed by atoms with van der Waals surface area (Å²) in [6.07, 6.45) is 5.06. The number of benzene rings is 1. The summed E-state index contributed by atoms with van der Waals surface area (Å²) in [6.45, 7) is 0.419. The van der Waals surface area contributed by atoms with Crippen molar-refractivity contribution in [2.24, 2.45) is 4.99 Å². The van der Waals surface area contributed by atoms with E-state index in [2.05, 4.69) is 10.3 Å². The third-order valence-corrected chi connectivity index (χ3v) is 2.27. The lowest BCUT2D eigenvalue weighted by Gasteiger charge is -2.24. The summed E-state index contributed by atoms with van der Waals surface area (Å²) >= 11 is 6.04. The van der Waals surface area contributed by atoms with Crippen molar-refractivity contribution < 1.29 is 4.74 Å². The van der Waals surface area contributed by atoms with Crippen LogP contribution in [0.5, 0.6) is 0 Å². The predicted molar refractivity (Wildman–Crippen MR) is 60.6 cm³/mol. The summed E-state index contributed by atoms with van der Waals surface area (Å²) in [7, 11) is 0. The maximum Gasteiger partial charge on any atom is 0.320 e. The van der Waals surface area contributed by atoms with Crippen LogP contribution in [0.15, 0.2) is 47.6 Å². The van der Waals surface area contributed by atoms with Gasteiger partial charge in [0, 0.05) is 12.4 Å². The number of allylic oxidation sites excluding steroid dienone is 1. The maximum atomic E-state index is 6.04. The van der Waals surface area contributed by atoms with Gasteiger partial charge < -0.3 is 10.1 Å². The van der Waals surface area contributed by atoms with Crippen molar-refractivity contribution in [2.75, 3.05) is 0 Å². The molecule has 0 saturated carbocycles. The highest BCUT2D eigenvalue weighted by Crippen LogP contribution is 2.18. The first-order valence-electron chi connectivity index (χ1n) is 4.63. The molecule has 1 N–H and O–H groups in total. The van der Waals surface area contributed by atoms with E-state index in [1.165, 1.54) is 0 Å². The van der Waals surface area contributed by atoms with Gasteiger partial charge in [-0.1, -0.05) is 30.3 Å². The zero-order chi connectivity index (χ0) is 10.6. The monoisotopic (exact) mass is 222 g/mol. The molecule has 0 saturated heterocycles. The van der Waals surface area contributed by atoms with Crippen molar-refractivity contribution in [1.82, 2.24) is 5.32 Å². The molecule has 2 rings (SSSR count). The molecular weight excluding hydrogens is 212 g/mol. The van der Waals surface area contributed by atoms with Gasteiger partial charge in [-0.15, -0.1) is 0 Å². The lowest BCUT2D eigenvalue weighted by atomic mass is 10.2. The van der Waals surface area contributed by atoms with Crippen LogP contribution in [-0.4, -0.2) is 11.5 Å². The standard InChI is InChI=1S/C11H11ClN2O/c12-11(13-7-4-8-14-11)15-9-10-5-2-1-3-6-10/h1-8,13H,9H2. The molecule has 4 heteroatoms. The average molecular weight is 223 g/mol. The second kappa shape index (κ2) is 4.47. The summed E-state index contributed by atoms with van der Waals surface area (Å²) in [4.78, 5) is 4.00. The van der Waals surface area contributed by atoms with Gasteiger partial charge in [0.2, 0.25) is 0 Å². The van der Waals surface area contributed by atoms with Crippen molar-refractivity contribution in [1.29, 1.82) is 0 Å². The smallest absolute Gasteiger partial charge is 0.320 e. The fourth-order valence-corrected chi connectivity index (χ4v) is 1.38. The Morgan fingerprint density at radius 1 is 1.33 bits per heavy atom. The second-order valence-corrected chi connectivity index (χ2v) is 3.63. The van der Waals surface area contributed by atoms with Crippen LogP contribution < -0.4 is 5.32 Å². The molecule has 0 bridgehead atoms. The largest absolute Gasteiger partial charge is 0.332 e. The molecule has 15 heavy (non-hydrogen) atoms. The summed E-state index contributed by atoms with van der Waals surface area (Å²) in [5.41, 5.74) is 1.06. The van der Waals surface area contributed by atoms with E-state index in [0.29, 0.717) is 6.61 Å². The van der Waals surface area contributed by atoms with E-state index < -0.39 is 5.31 Å². The van der Waals surface area contributed by atoms with Gasteiger partial charge in [0.1, 0.15) is 0 Å². The minimum absolute atomic E-state index is 0.419. The highest BCUT2D eigenvalue weighted by atomic mass is 35.5. The number of hydrogen-bond donors (Lipinski definition) is 1. The molecule has 0 aromatic heterocycles. The summed E-state index contributed by atoms with van der Waals surface area (Å²) in [5.74, 6) is 0. The molecule has 0 radical (unpaired) electrons. The molecule has 1 aliphatic rings. The van der Waals surface area contributed by atoms with Gasteiger partial charge in [-0.05, 0) is 23.2 Å². The lowest BCUT2D eigenvalue weighted by molar-refractivity contribution is -0.00186. The minimum atomic E-state index is -1.16. The normalized spacial score (nSPS) is 23.8. The first-order valence-corrected chi connectivity index (χ1v) is 5.01. The average Bonchev–Trinajstić information content (AvgIpc) is 2.29. The zero-order valence-electron chi connectivity index (χ0n) is 8.06. The van der Waals surface area contributed by atoms with Crippen LogP contribution in [0.4, 0.5) is 0 Å². The van der Waals surface area contributed by atoms with Crippen molar-refractivity contribution in [3.8, 4) is 0 Å². The molecule has 1 unspecified atom stereocenters. The number of alkyl halides is 1. The van der Waals surface area contributed by atoms with Gasteiger partial charge in [-0.2, -0.15) is 0 Å². The predicted octanol–water partition coefficient (Wildman–Crippen LogP) is 2.24. The first-order chi connectivity index (χ1) is 7.29. The number of aliphatic imine (C=N–C) groups is 1. The van der Waals surface area contributed by atoms with E-state index in [1.807, 2.05) is 30.3 Å². The van der Waals surface area contributed by atoms with E-state index in [9.17, 15) is 0 Å². The number of ether oxygens (including phenoxy) is 1. The van der Waals surface area contributed by atoms with E-state index in [-0.39, 0.29) is 0 Å². The number of rotatable bonds is 3. The highest BCUT2D eigenvalue weighted by Gasteiger charge is 2.25. The van der Waals surface area contributed by atoms with Crippen LogP contribution in [0, 0.1) is 0 Å². The van der Waals surface area contributed by atoms with Gasteiger partial charge in [0.25, 0.3) is 0 Å². The third kappa shape index (κ3) is 2.81. The van der Waals surface area contributed by atoms with Crippen LogP contribution in [0.3, 0.4) is 0 Å². The Hall–Kier alpha value is -1.32. The van der Waals surface area contributed by atoms with Crippen molar-refractivity contribution in [3.05, 3.63) is 48.2 Å². The van der Waals surface area contributed by atoms with E-state index in [4.69, 9.17) is 16.3 Å². The van der Waals surface area contributed by atoms with Crippen molar-refractivity contribution in [3.63, 3.8) is 0 Å². The van der Waals surface area contributed by atoms with Crippen molar-refractivity contribution in [2.45, 2.75) is 11.9 Å². The molecule has 78 valence electrons. The lowest BCUT2D eigenvalue weighted by Crippen LogP contribution is -2.38. The van der Waals surface area contributed by atoms with Gasteiger partial charge >= 0.3 is 5.31 Å². The van der Waals surface area contributed by atoms with E-state index in [1.54, 1.807) is 18.5 Å². The Kier molecular flexibility index (Phi) is 3.04. The molecule has 0 aliphatic carbocycles. The summed E-state index contributed by atoms with van der Waals surface area (Å²) in [6, 6.07) is 9.82. The van der Waals surface area contributed by atoms with Gasteiger partial charge in [0.15, 0.2) is 0 Å². The molecule has 1 heterocycles. The number of nitrogens with zero attached hydrogens (tertiary/aromatic N) is 1.